The van der Waals surface area contributed by atoms with E-state index in [4.69, 9.17) is 11.5 Å². The van der Waals surface area contributed by atoms with E-state index in [1.54, 1.807) is 0 Å². The normalized spacial score (nSPS) is 18.9. The number of rotatable bonds is 11. The maximum atomic E-state index is 11.9. The average Bonchev–Trinajstić information content (AvgIpc) is 2.96. The molecule has 2 atom stereocenters. The summed E-state index contributed by atoms with van der Waals surface area (Å²) in [6.07, 6.45) is 8.36. The molecule has 0 radical (unpaired) electrons. The molecule has 1 aliphatic rings. The van der Waals surface area contributed by atoms with Gasteiger partial charge in [-0.3, -0.25) is 9.79 Å². The molecule has 0 saturated carbocycles. The molecule has 0 aromatic heterocycles. The molecule has 0 aliphatic carbocycles. The third kappa shape index (κ3) is 10.2. The lowest BCUT2D eigenvalue weighted by atomic mass is 10.1. The van der Waals surface area contributed by atoms with Gasteiger partial charge in [-0.1, -0.05) is 28.0 Å². The Balaban J connectivity index is 1.95. The molecule has 0 aromatic rings. The monoisotopic (exact) mass is 346 g/mol. The van der Waals surface area contributed by atoms with E-state index in [0.29, 0.717) is 13.0 Å². The Morgan fingerprint density at radius 3 is 2.82 bits per heavy atom. The van der Waals surface area contributed by atoms with Crippen molar-refractivity contribution >= 4 is 33.5 Å². The van der Waals surface area contributed by atoms with Crippen molar-refractivity contribution in [3.8, 4) is 0 Å². The summed E-state index contributed by atoms with van der Waals surface area (Å²) in [6.45, 7) is 2.73. The quantitative estimate of drug-likeness (QED) is 0.231. The SMILES string of the molecule is C[C@H](CCCCN=C(N)N)NC(=O)CCCC[C@@H]1CCSS1. The predicted molar refractivity (Wildman–Crippen MR) is 99.1 cm³/mol. The van der Waals surface area contributed by atoms with Gasteiger partial charge in [0.2, 0.25) is 5.91 Å². The molecule has 1 rings (SSSR count). The van der Waals surface area contributed by atoms with Gasteiger partial charge in [0.1, 0.15) is 0 Å². The molecule has 1 fully saturated rings. The highest BCUT2D eigenvalue weighted by molar-refractivity contribution is 8.77. The molecule has 1 aliphatic heterocycles. The fourth-order valence-corrected chi connectivity index (χ4v) is 5.44. The van der Waals surface area contributed by atoms with Gasteiger partial charge in [-0.2, -0.15) is 0 Å². The zero-order valence-electron chi connectivity index (χ0n) is 13.6. The summed E-state index contributed by atoms with van der Waals surface area (Å²) in [5, 5.41) is 3.89. The minimum Gasteiger partial charge on any atom is -0.370 e. The molecular weight excluding hydrogens is 316 g/mol. The summed E-state index contributed by atoms with van der Waals surface area (Å²) in [4.78, 5) is 15.8. The highest BCUT2D eigenvalue weighted by Gasteiger charge is 2.16. The Labute approximate surface area is 142 Å². The average molecular weight is 347 g/mol. The fraction of sp³-hybridized carbons (Fsp3) is 0.867. The first-order valence-electron chi connectivity index (χ1n) is 8.21. The highest BCUT2D eigenvalue weighted by atomic mass is 33.1. The van der Waals surface area contributed by atoms with Crippen LogP contribution in [0.1, 0.15) is 58.3 Å². The second-order valence-corrected chi connectivity index (χ2v) is 8.63. The lowest BCUT2D eigenvalue weighted by Gasteiger charge is -2.13. The molecular formula is C15H30N4OS2. The number of nitrogens with zero attached hydrogens (tertiary/aromatic N) is 1. The summed E-state index contributed by atoms with van der Waals surface area (Å²) in [5.41, 5.74) is 10.5. The van der Waals surface area contributed by atoms with Gasteiger partial charge in [-0.05, 0) is 45.4 Å². The first kappa shape index (κ1) is 19.5. The van der Waals surface area contributed by atoms with Crippen LogP contribution in [0.15, 0.2) is 4.99 Å². The van der Waals surface area contributed by atoms with Gasteiger partial charge in [0.05, 0.1) is 0 Å². The van der Waals surface area contributed by atoms with Crippen molar-refractivity contribution in [2.45, 2.75) is 69.6 Å². The fourth-order valence-electron chi connectivity index (χ4n) is 2.41. The van der Waals surface area contributed by atoms with Gasteiger partial charge >= 0.3 is 0 Å². The summed E-state index contributed by atoms with van der Waals surface area (Å²) in [6, 6.07) is 0.230. The first-order valence-corrected chi connectivity index (χ1v) is 10.6. The molecule has 0 bridgehead atoms. The van der Waals surface area contributed by atoms with E-state index >= 15 is 0 Å². The largest absolute Gasteiger partial charge is 0.370 e. The maximum absolute atomic E-state index is 11.9. The Kier molecular flexibility index (Phi) is 10.6. The van der Waals surface area contributed by atoms with Crippen LogP contribution in [0.25, 0.3) is 0 Å². The van der Waals surface area contributed by atoms with Crippen LogP contribution in [0.3, 0.4) is 0 Å². The van der Waals surface area contributed by atoms with Gasteiger partial charge in [-0.25, -0.2) is 0 Å². The molecule has 128 valence electrons. The summed E-state index contributed by atoms with van der Waals surface area (Å²) < 4.78 is 0. The highest BCUT2D eigenvalue weighted by Crippen LogP contribution is 2.39. The van der Waals surface area contributed by atoms with E-state index in [0.717, 1.165) is 30.9 Å². The standard InChI is InChI=1S/C15H30N4OS2/c1-12(6-4-5-10-18-15(16)17)19-14(20)8-3-2-7-13-9-11-21-22-13/h12-13H,2-11H2,1H3,(H,19,20)(H4,16,17,18)/t12-,13-/m1/s1. The van der Waals surface area contributed by atoms with E-state index in [1.165, 1.54) is 25.0 Å². The van der Waals surface area contributed by atoms with Crippen molar-refractivity contribution in [3.05, 3.63) is 0 Å². The number of hydrogen-bond donors (Lipinski definition) is 3. The van der Waals surface area contributed by atoms with Crippen LogP contribution < -0.4 is 16.8 Å². The van der Waals surface area contributed by atoms with Crippen LogP contribution in [0.5, 0.6) is 0 Å². The minimum atomic E-state index is 0.149. The number of nitrogens with two attached hydrogens (primary N) is 2. The number of carbonyl (C=O) groups excluding carboxylic acids is 1. The third-order valence-electron chi connectivity index (χ3n) is 3.65. The predicted octanol–water partition coefficient (Wildman–Crippen LogP) is 2.65. The van der Waals surface area contributed by atoms with E-state index in [-0.39, 0.29) is 17.9 Å². The summed E-state index contributed by atoms with van der Waals surface area (Å²) in [7, 11) is 4.00. The zero-order valence-corrected chi connectivity index (χ0v) is 15.2. The van der Waals surface area contributed by atoms with Gasteiger partial charge in [0.15, 0.2) is 5.96 Å². The number of aliphatic imine (C=N–C) groups is 1. The van der Waals surface area contributed by atoms with Crippen LogP contribution in [0, 0.1) is 0 Å². The van der Waals surface area contributed by atoms with E-state index in [1.807, 2.05) is 21.6 Å². The van der Waals surface area contributed by atoms with Gasteiger partial charge in [0.25, 0.3) is 0 Å². The molecule has 5 nitrogen and oxygen atoms in total. The summed E-state index contributed by atoms with van der Waals surface area (Å²) in [5.74, 6) is 1.62. The molecule has 5 N–H and O–H groups in total. The second-order valence-electron chi connectivity index (χ2n) is 5.85. The first-order chi connectivity index (χ1) is 10.6. The number of hydrogen-bond acceptors (Lipinski definition) is 4. The molecule has 7 heteroatoms. The van der Waals surface area contributed by atoms with Crippen molar-refractivity contribution in [2.24, 2.45) is 16.5 Å². The molecule has 0 unspecified atom stereocenters. The Morgan fingerprint density at radius 1 is 1.32 bits per heavy atom. The van der Waals surface area contributed by atoms with Crippen molar-refractivity contribution in [1.82, 2.24) is 5.32 Å². The maximum Gasteiger partial charge on any atom is 0.220 e. The smallest absolute Gasteiger partial charge is 0.220 e. The molecule has 1 heterocycles. The van der Waals surface area contributed by atoms with Crippen molar-refractivity contribution in [2.75, 3.05) is 12.3 Å². The van der Waals surface area contributed by atoms with E-state index < -0.39 is 0 Å². The Hall–Kier alpha value is -0.560. The van der Waals surface area contributed by atoms with Gasteiger partial charge in [-0.15, -0.1) is 0 Å². The van der Waals surface area contributed by atoms with Gasteiger partial charge in [0, 0.05) is 30.0 Å². The Morgan fingerprint density at radius 2 is 2.14 bits per heavy atom. The second kappa shape index (κ2) is 11.9. The number of carbonyl (C=O) groups is 1. The van der Waals surface area contributed by atoms with Crippen molar-refractivity contribution < 1.29 is 4.79 Å². The van der Waals surface area contributed by atoms with Crippen molar-refractivity contribution in [1.29, 1.82) is 0 Å². The van der Waals surface area contributed by atoms with Crippen LogP contribution in [0.4, 0.5) is 0 Å². The van der Waals surface area contributed by atoms with Gasteiger partial charge < -0.3 is 16.8 Å². The van der Waals surface area contributed by atoms with E-state index in [2.05, 4.69) is 17.2 Å². The number of guanidine groups is 1. The lowest BCUT2D eigenvalue weighted by Crippen LogP contribution is -2.32. The van der Waals surface area contributed by atoms with Crippen LogP contribution in [-0.2, 0) is 4.79 Å². The molecule has 0 spiro atoms. The number of nitrogens with one attached hydrogen (secondary N) is 1. The third-order valence-corrected chi connectivity index (χ3v) is 6.66. The van der Waals surface area contributed by atoms with Crippen LogP contribution in [-0.4, -0.2) is 35.5 Å². The van der Waals surface area contributed by atoms with Crippen molar-refractivity contribution in [3.63, 3.8) is 0 Å². The van der Waals surface area contributed by atoms with E-state index in [9.17, 15) is 4.79 Å². The molecule has 22 heavy (non-hydrogen) atoms. The number of amides is 1. The topological polar surface area (TPSA) is 93.5 Å². The molecule has 1 amide bonds. The lowest BCUT2D eigenvalue weighted by molar-refractivity contribution is -0.121. The zero-order chi connectivity index (χ0) is 16.2. The molecule has 0 aromatic carbocycles. The van der Waals surface area contributed by atoms with Crippen LogP contribution >= 0.6 is 21.6 Å². The molecule has 1 saturated heterocycles. The van der Waals surface area contributed by atoms with Crippen LogP contribution in [0.2, 0.25) is 0 Å². The number of unbranched alkanes of at least 4 members (excludes halogenated alkanes) is 2. The minimum absolute atomic E-state index is 0.149. The Bertz CT molecular complexity index is 342. The summed E-state index contributed by atoms with van der Waals surface area (Å²) >= 11 is 0.